The molecule has 2 aromatic rings. The summed E-state index contributed by atoms with van der Waals surface area (Å²) in [6.45, 7) is 0. The third-order valence-corrected chi connectivity index (χ3v) is 3.73. The van der Waals surface area contributed by atoms with E-state index in [2.05, 4.69) is 20.9 Å². The van der Waals surface area contributed by atoms with Crippen molar-refractivity contribution < 1.29 is 4.79 Å². The molecule has 2 rings (SSSR count). The molecule has 0 aliphatic heterocycles. The topological polar surface area (TPSA) is 30.0 Å². The van der Waals surface area contributed by atoms with Gasteiger partial charge >= 0.3 is 0 Å². The van der Waals surface area contributed by atoms with Crippen molar-refractivity contribution in [1.29, 1.82) is 0 Å². The zero-order valence-electron chi connectivity index (χ0n) is 8.52. The zero-order valence-corrected chi connectivity index (χ0v) is 10.9. The van der Waals surface area contributed by atoms with Gasteiger partial charge in [-0.2, -0.15) is 0 Å². The number of rotatable bonds is 4. The summed E-state index contributed by atoms with van der Waals surface area (Å²) < 4.78 is 1.06. The van der Waals surface area contributed by atoms with Crippen LogP contribution in [0.15, 0.2) is 40.3 Å². The average molecular weight is 296 g/mol. The normalized spacial score (nSPS) is 10.3. The second-order valence-electron chi connectivity index (χ2n) is 3.42. The lowest BCUT2D eigenvalue weighted by Gasteiger charge is -1.98. The van der Waals surface area contributed by atoms with Crippen LogP contribution in [0.4, 0.5) is 0 Å². The molecule has 0 aliphatic rings. The second kappa shape index (κ2) is 5.37. The van der Waals surface area contributed by atoms with Crippen molar-refractivity contribution in [1.82, 2.24) is 4.98 Å². The summed E-state index contributed by atoms with van der Waals surface area (Å²) in [4.78, 5) is 17.0. The molecule has 82 valence electrons. The number of carbonyl (C=O) groups excluding carboxylic acids is 1. The summed E-state index contributed by atoms with van der Waals surface area (Å²) in [5.41, 5.74) is 0.836. The lowest BCUT2D eigenvalue weighted by molar-refractivity contribution is -0.117. The Labute approximate surface area is 106 Å². The molecule has 16 heavy (non-hydrogen) atoms. The summed E-state index contributed by atoms with van der Waals surface area (Å²) in [7, 11) is 0. The van der Waals surface area contributed by atoms with Crippen molar-refractivity contribution in [2.45, 2.75) is 12.8 Å². The molecule has 0 aromatic carbocycles. The first-order chi connectivity index (χ1) is 7.74. The fourth-order valence-electron chi connectivity index (χ4n) is 1.41. The number of hydrogen-bond acceptors (Lipinski definition) is 3. The van der Waals surface area contributed by atoms with Crippen LogP contribution in [0.5, 0.6) is 0 Å². The number of Topliss-reactive ketones (excluding diaryl/α,β-unsaturated/α-hetero) is 1. The van der Waals surface area contributed by atoms with Gasteiger partial charge < -0.3 is 0 Å². The van der Waals surface area contributed by atoms with E-state index in [0.717, 1.165) is 14.4 Å². The lowest BCUT2D eigenvalue weighted by Crippen LogP contribution is -2.06. The monoisotopic (exact) mass is 295 g/mol. The van der Waals surface area contributed by atoms with Crippen LogP contribution in [0.2, 0.25) is 0 Å². The van der Waals surface area contributed by atoms with Crippen molar-refractivity contribution in [3.05, 3.63) is 50.9 Å². The Morgan fingerprint density at radius 1 is 1.25 bits per heavy atom. The van der Waals surface area contributed by atoms with Crippen LogP contribution in [0.1, 0.15) is 10.6 Å². The molecule has 0 bridgehead atoms. The van der Waals surface area contributed by atoms with Gasteiger partial charge in [-0.05, 0) is 40.2 Å². The molecular weight excluding hydrogens is 286 g/mol. The van der Waals surface area contributed by atoms with Gasteiger partial charge in [0.2, 0.25) is 0 Å². The highest BCUT2D eigenvalue weighted by Gasteiger charge is 2.07. The van der Waals surface area contributed by atoms with E-state index < -0.39 is 0 Å². The number of ketones is 1. The molecule has 2 aromatic heterocycles. The molecule has 4 heteroatoms. The summed E-state index contributed by atoms with van der Waals surface area (Å²) in [5, 5.41) is 0. The predicted molar refractivity (Wildman–Crippen MR) is 68.7 cm³/mol. The van der Waals surface area contributed by atoms with Crippen molar-refractivity contribution in [2.24, 2.45) is 0 Å². The molecule has 0 unspecified atom stereocenters. The van der Waals surface area contributed by atoms with Gasteiger partial charge in [0.25, 0.3) is 0 Å². The molecule has 0 spiro atoms. The van der Waals surface area contributed by atoms with Crippen LogP contribution in [0, 0.1) is 0 Å². The molecular formula is C12H10BrNOS. The van der Waals surface area contributed by atoms with Gasteiger partial charge in [-0.1, -0.05) is 6.07 Å². The molecule has 0 amide bonds. The average Bonchev–Trinajstić information content (AvgIpc) is 2.65. The highest BCUT2D eigenvalue weighted by atomic mass is 79.9. The standard InChI is InChI=1S/C12H10BrNOS/c13-12-5-4-11(16-12)8-10(15)7-9-3-1-2-6-14-9/h1-6H,7-8H2. The van der Waals surface area contributed by atoms with Crippen LogP contribution >= 0.6 is 27.3 Å². The Hall–Kier alpha value is -1.000. The van der Waals surface area contributed by atoms with Crippen molar-refractivity contribution in [2.75, 3.05) is 0 Å². The van der Waals surface area contributed by atoms with E-state index in [-0.39, 0.29) is 5.78 Å². The van der Waals surface area contributed by atoms with Crippen LogP contribution in [-0.2, 0) is 17.6 Å². The van der Waals surface area contributed by atoms with Crippen LogP contribution in [-0.4, -0.2) is 10.8 Å². The fourth-order valence-corrected chi connectivity index (χ4v) is 2.92. The van der Waals surface area contributed by atoms with Crippen LogP contribution in [0.25, 0.3) is 0 Å². The first kappa shape index (κ1) is 11.5. The smallest absolute Gasteiger partial charge is 0.144 e. The Morgan fingerprint density at radius 2 is 2.12 bits per heavy atom. The van der Waals surface area contributed by atoms with Crippen LogP contribution in [0.3, 0.4) is 0 Å². The first-order valence-electron chi connectivity index (χ1n) is 4.90. The van der Waals surface area contributed by atoms with Gasteiger partial charge in [-0.25, -0.2) is 0 Å². The Bertz CT molecular complexity index is 481. The number of nitrogens with zero attached hydrogens (tertiary/aromatic N) is 1. The van der Waals surface area contributed by atoms with E-state index in [1.807, 2.05) is 30.3 Å². The van der Waals surface area contributed by atoms with Gasteiger partial charge in [0.05, 0.1) is 3.79 Å². The van der Waals surface area contributed by atoms with Gasteiger partial charge in [-0.3, -0.25) is 9.78 Å². The maximum absolute atomic E-state index is 11.7. The Balaban J connectivity index is 1.95. The SMILES string of the molecule is O=C(Cc1ccccn1)Cc1ccc(Br)s1. The molecule has 0 saturated carbocycles. The lowest BCUT2D eigenvalue weighted by atomic mass is 10.1. The third-order valence-electron chi connectivity index (χ3n) is 2.10. The highest BCUT2D eigenvalue weighted by Crippen LogP contribution is 2.22. The number of halogens is 1. The second-order valence-corrected chi connectivity index (χ2v) is 5.97. The van der Waals surface area contributed by atoms with E-state index in [4.69, 9.17) is 0 Å². The Morgan fingerprint density at radius 3 is 2.75 bits per heavy atom. The molecule has 0 fully saturated rings. The van der Waals surface area contributed by atoms with Gasteiger partial charge in [0, 0.05) is 29.6 Å². The molecule has 0 N–H and O–H groups in total. The minimum Gasteiger partial charge on any atom is -0.299 e. The molecule has 0 atom stereocenters. The van der Waals surface area contributed by atoms with Gasteiger partial charge in [-0.15, -0.1) is 11.3 Å². The first-order valence-corrected chi connectivity index (χ1v) is 6.51. The number of hydrogen-bond donors (Lipinski definition) is 0. The molecule has 0 aliphatic carbocycles. The van der Waals surface area contributed by atoms with Crippen molar-refractivity contribution >= 4 is 33.0 Å². The maximum atomic E-state index is 11.7. The van der Waals surface area contributed by atoms with E-state index in [9.17, 15) is 4.79 Å². The van der Waals surface area contributed by atoms with E-state index in [0.29, 0.717) is 12.8 Å². The summed E-state index contributed by atoms with van der Waals surface area (Å²) in [6, 6.07) is 9.57. The largest absolute Gasteiger partial charge is 0.299 e. The predicted octanol–water partition coefficient (Wildman–Crippen LogP) is 3.26. The van der Waals surface area contributed by atoms with E-state index in [1.54, 1.807) is 17.5 Å². The molecule has 0 radical (unpaired) electrons. The number of pyridine rings is 1. The quantitative estimate of drug-likeness (QED) is 0.867. The number of thiophene rings is 1. The number of carbonyl (C=O) groups is 1. The molecule has 0 saturated heterocycles. The maximum Gasteiger partial charge on any atom is 0.144 e. The van der Waals surface area contributed by atoms with Crippen molar-refractivity contribution in [3.8, 4) is 0 Å². The van der Waals surface area contributed by atoms with Crippen molar-refractivity contribution in [3.63, 3.8) is 0 Å². The summed E-state index contributed by atoms with van der Waals surface area (Å²) in [5.74, 6) is 0.202. The minimum absolute atomic E-state index is 0.202. The van der Waals surface area contributed by atoms with E-state index in [1.165, 1.54) is 0 Å². The fraction of sp³-hybridized carbons (Fsp3) is 0.167. The third kappa shape index (κ3) is 3.25. The van der Waals surface area contributed by atoms with Gasteiger partial charge in [0.15, 0.2) is 0 Å². The Kier molecular flexibility index (Phi) is 3.85. The molecule has 2 nitrogen and oxygen atoms in total. The minimum atomic E-state index is 0.202. The molecule has 2 heterocycles. The summed E-state index contributed by atoms with van der Waals surface area (Å²) >= 11 is 4.99. The summed E-state index contributed by atoms with van der Waals surface area (Å²) in [6.07, 6.45) is 2.62. The zero-order chi connectivity index (χ0) is 11.4. The highest BCUT2D eigenvalue weighted by molar-refractivity contribution is 9.11. The number of aromatic nitrogens is 1. The van der Waals surface area contributed by atoms with Gasteiger partial charge in [0.1, 0.15) is 5.78 Å². The van der Waals surface area contributed by atoms with Crippen LogP contribution < -0.4 is 0 Å². The van der Waals surface area contributed by atoms with E-state index >= 15 is 0 Å².